The minimum absolute atomic E-state index is 0.271. The van der Waals surface area contributed by atoms with E-state index in [2.05, 4.69) is 20.3 Å². The van der Waals surface area contributed by atoms with E-state index in [1.54, 1.807) is 12.4 Å². The fourth-order valence-corrected chi connectivity index (χ4v) is 2.18. The van der Waals surface area contributed by atoms with Crippen molar-refractivity contribution in [3.8, 4) is 11.3 Å². The van der Waals surface area contributed by atoms with Crippen molar-refractivity contribution >= 4 is 16.7 Å². The van der Waals surface area contributed by atoms with Crippen LogP contribution in [0.25, 0.3) is 22.0 Å². The molecular formula is C16H15FN4. The van der Waals surface area contributed by atoms with Crippen molar-refractivity contribution in [1.29, 1.82) is 0 Å². The summed E-state index contributed by atoms with van der Waals surface area (Å²) in [6, 6.07) is 7.73. The van der Waals surface area contributed by atoms with E-state index in [0.717, 1.165) is 23.7 Å². The number of fused-ring (bicyclic) bond motifs is 1. The second-order valence-corrected chi connectivity index (χ2v) is 4.73. The molecule has 2 heterocycles. The van der Waals surface area contributed by atoms with Crippen LogP contribution < -0.4 is 5.32 Å². The van der Waals surface area contributed by atoms with Crippen molar-refractivity contribution in [2.75, 3.05) is 11.9 Å². The van der Waals surface area contributed by atoms with E-state index in [-0.39, 0.29) is 5.69 Å². The Morgan fingerprint density at radius 2 is 2.00 bits per heavy atom. The normalized spacial score (nSPS) is 10.8. The molecule has 106 valence electrons. The van der Waals surface area contributed by atoms with Crippen LogP contribution >= 0.6 is 0 Å². The number of hydrogen-bond acceptors (Lipinski definition) is 4. The van der Waals surface area contributed by atoms with Crippen LogP contribution in [0.15, 0.2) is 42.9 Å². The predicted molar refractivity (Wildman–Crippen MR) is 81.5 cm³/mol. The highest BCUT2D eigenvalue weighted by molar-refractivity contribution is 5.94. The largest absolute Gasteiger partial charge is 0.354 e. The van der Waals surface area contributed by atoms with Gasteiger partial charge in [0.25, 0.3) is 0 Å². The first kappa shape index (κ1) is 13.4. The first-order valence-corrected chi connectivity index (χ1v) is 6.89. The summed E-state index contributed by atoms with van der Waals surface area (Å²) in [6.45, 7) is 2.80. The van der Waals surface area contributed by atoms with Gasteiger partial charge in [-0.2, -0.15) is 0 Å². The molecular weight excluding hydrogens is 267 g/mol. The lowest BCUT2D eigenvalue weighted by atomic mass is 10.1. The van der Waals surface area contributed by atoms with Gasteiger partial charge < -0.3 is 5.32 Å². The molecule has 0 aliphatic heterocycles. The first-order chi connectivity index (χ1) is 10.3. The number of hydrogen-bond donors (Lipinski definition) is 1. The number of halogens is 1. The van der Waals surface area contributed by atoms with E-state index in [0.29, 0.717) is 11.5 Å². The Bertz CT molecular complexity index is 768. The molecule has 0 aliphatic carbocycles. The van der Waals surface area contributed by atoms with Gasteiger partial charge in [0.2, 0.25) is 5.95 Å². The molecule has 2 aromatic heterocycles. The molecule has 3 aromatic rings. The lowest BCUT2D eigenvalue weighted by Crippen LogP contribution is -2.06. The Labute approximate surface area is 122 Å². The number of anilines is 1. The van der Waals surface area contributed by atoms with Crippen molar-refractivity contribution in [1.82, 2.24) is 15.0 Å². The Morgan fingerprint density at radius 3 is 2.86 bits per heavy atom. The van der Waals surface area contributed by atoms with Gasteiger partial charge in [-0.3, -0.25) is 4.98 Å². The lowest BCUT2D eigenvalue weighted by molar-refractivity contribution is 0.618. The van der Waals surface area contributed by atoms with Gasteiger partial charge in [-0.15, -0.1) is 0 Å². The maximum atomic E-state index is 14.1. The highest BCUT2D eigenvalue weighted by Gasteiger charge is 2.12. The topological polar surface area (TPSA) is 50.7 Å². The number of nitrogens with zero attached hydrogens (tertiary/aromatic N) is 3. The summed E-state index contributed by atoms with van der Waals surface area (Å²) in [5.74, 6) is -0.0172. The molecule has 0 fully saturated rings. The molecule has 0 spiro atoms. The van der Waals surface area contributed by atoms with Gasteiger partial charge in [0.1, 0.15) is 5.69 Å². The zero-order valence-corrected chi connectivity index (χ0v) is 11.7. The van der Waals surface area contributed by atoms with Gasteiger partial charge in [-0.05, 0) is 11.8 Å². The van der Waals surface area contributed by atoms with Gasteiger partial charge in [-0.25, -0.2) is 14.4 Å². The SMILES string of the molecule is CCCNc1ncc(F)c(-c2cncc3ccccc23)n1. The number of aromatic nitrogens is 3. The van der Waals surface area contributed by atoms with E-state index in [1.165, 1.54) is 6.20 Å². The molecule has 0 unspecified atom stereocenters. The molecule has 0 saturated heterocycles. The maximum absolute atomic E-state index is 14.1. The fourth-order valence-electron chi connectivity index (χ4n) is 2.18. The molecule has 5 heteroatoms. The third-order valence-electron chi connectivity index (χ3n) is 3.20. The predicted octanol–water partition coefficient (Wildman–Crippen LogP) is 3.65. The zero-order valence-electron chi connectivity index (χ0n) is 11.7. The van der Waals surface area contributed by atoms with Crippen molar-refractivity contribution in [3.05, 3.63) is 48.7 Å². The highest BCUT2D eigenvalue weighted by Crippen LogP contribution is 2.28. The van der Waals surface area contributed by atoms with E-state index in [4.69, 9.17) is 0 Å². The van der Waals surface area contributed by atoms with E-state index in [9.17, 15) is 4.39 Å². The number of benzene rings is 1. The summed E-state index contributed by atoms with van der Waals surface area (Å²) in [5, 5.41) is 4.95. The minimum atomic E-state index is -0.449. The molecule has 3 rings (SSSR count). The molecule has 1 N–H and O–H groups in total. The monoisotopic (exact) mass is 282 g/mol. The second-order valence-electron chi connectivity index (χ2n) is 4.73. The van der Waals surface area contributed by atoms with Crippen LogP contribution in [-0.2, 0) is 0 Å². The van der Waals surface area contributed by atoms with Gasteiger partial charge in [0.05, 0.1) is 6.20 Å². The summed E-state index contributed by atoms with van der Waals surface area (Å²) >= 11 is 0. The van der Waals surface area contributed by atoms with Crippen LogP contribution in [0.2, 0.25) is 0 Å². The molecule has 0 saturated carbocycles. The van der Waals surface area contributed by atoms with E-state index in [1.807, 2.05) is 31.2 Å². The van der Waals surface area contributed by atoms with E-state index >= 15 is 0 Å². The Kier molecular flexibility index (Phi) is 3.73. The summed E-state index contributed by atoms with van der Waals surface area (Å²) in [6.07, 6.45) is 5.54. The summed E-state index contributed by atoms with van der Waals surface area (Å²) < 4.78 is 14.1. The number of nitrogens with one attached hydrogen (secondary N) is 1. The van der Waals surface area contributed by atoms with Gasteiger partial charge in [0, 0.05) is 29.9 Å². The zero-order chi connectivity index (χ0) is 14.7. The van der Waals surface area contributed by atoms with Crippen molar-refractivity contribution in [3.63, 3.8) is 0 Å². The van der Waals surface area contributed by atoms with Crippen LogP contribution in [0.5, 0.6) is 0 Å². The standard InChI is InChI=1S/C16H15FN4/c1-2-7-19-16-20-10-14(17)15(21-16)13-9-18-8-11-5-3-4-6-12(11)13/h3-6,8-10H,2,7H2,1H3,(H,19,20,21). The molecule has 21 heavy (non-hydrogen) atoms. The minimum Gasteiger partial charge on any atom is -0.354 e. The van der Waals surface area contributed by atoms with Crippen LogP contribution in [-0.4, -0.2) is 21.5 Å². The Morgan fingerprint density at radius 1 is 1.14 bits per heavy atom. The van der Waals surface area contributed by atoms with Gasteiger partial charge in [0.15, 0.2) is 5.82 Å². The van der Waals surface area contributed by atoms with Crippen molar-refractivity contribution < 1.29 is 4.39 Å². The average molecular weight is 282 g/mol. The fraction of sp³-hybridized carbons (Fsp3) is 0.188. The van der Waals surface area contributed by atoms with Crippen LogP contribution in [0.1, 0.15) is 13.3 Å². The van der Waals surface area contributed by atoms with Gasteiger partial charge >= 0.3 is 0 Å². The molecule has 0 aliphatic rings. The molecule has 4 nitrogen and oxygen atoms in total. The second kappa shape index (κ2) is 5.83. The number of pyridine rings is 1. The quantitative estimate of drug-likeness (QED) is 0.793. The van der Waals surface area contributed by atoms with Gasteiger partial charge in [-0.1, -0.05) is 31.2 Å². The molecule has 0 radical (unpaired) electrons. The highest BCUT2D eigenvalue weighted by atomic mass is 19.1. The molecule has 0 amide bonds. The van der Waals surface area contributed by atoms with Crippen molar-refractivity contribution in [2.24, 2.45) is 0 Å². The third kappa shape index (κ3) is 2.67. The lowest BCUT2D eigenvalue weighted by Gasteiger charge is -2.08. The Hall–Kier alpha value is -2.56. The van der Waals surface area contributed by atoms with E-state index < -0.39 is 5.82 Å². The summed E-state index contributed by atoms with van der Waals surface area (Å²) in [4.78, 5) is 12.4. The molecule has 0 atom stereocenters. The van der Waals surface area contributed by atoms with Crippen molar-refractivity contribution in [2.45, 2.75) is 13.3 Å². The Balaban J connectivity index is 2.13. The number of rotatable bonds is 4. The first-order valence-electron chi connectivity index (χ1n) is 6.89. The summed E-state index contributed by atoms with van der Waals surface area (Å²) in [7, 11) is 0. The average Bonchev–Trinajstić information content (AvgIpc) is 2.54. The van der Waals surface area contributed by atoms with Crippen LogP contribution in [0.3, 0.4) is 0 Å². The molecule has 0 bridgehead atoms. The summed E-state index contributed by atoms with van der Waals surface area (Å²) in [5.41, 5.74) is 0.945. The van der Waals surface area contributed by atoms with Crippen LogP contribution in [0.4, 0.5) is 10.3 Å². The maximum Gasteiger partial charge on any atom is 0.223 e. The molecule has 1 aromatic carbocycles. The van der Waals surface area contributed by atoms with Crippen LogP contribution in [0, 0.1) is 5.82 Å². The smallest absolute Gasteiger partial charge is 0.223 e. The third-order valence-corrected chi connectivity index (χ3v) is 3.20.